The molecule has 0 aromatic heterocycles. The van der Waals surface area contributed by atoms with Gasteiger partial charge in [-0.3, -0.25) is 0 Å². The third-order valence-electron chi connectivity index (χ3n) is 5.16. The Balaban J connectivity index is 1.96. The van der Waals surface area contributed by atoms with E-state index < -0.39 is 0 Å². The van der Waals surface area contributed by atoms with E-state index in [0.717, 1.165) is 11.3 Å². The van der Waals surface area contributed by atoms with Gasteiger partial charge in [0.25, 0.3) is 0 Å². The number of anilines is 1. The third-order valence-corrected chi connectivity index (χ3v) is 5.16. The lowest BCUT2D eigenvalue weighted by Gasteiger charge is -2.19. The molecule has 3 aromatic carbocycles. The van der Waals surface area contributed by atoms with Crippen molar-refractivity contribution < 1.29 is 14.2 Å². The summed E-state index contributed by atoms with van der Waals surface area (Å²) in [7, 11) is 3.35. The number of rotatable bonds is 6. The van der Waals surface area contributed by atoms with Gasteiger partial charge in [0.1, 0.15) is 11.5 Å². The Hall–Kier alpha value is -3.14. The molecular formula is C24H27NO3. The summed E-state index contributed by atoms with van der Waals surface area (Å²) in [5.41, 5.74) is 11.2. The minimum Gasteiger partial charge on any atom is -0.496 e. The van der Waals surface area contributed by atoms with Crippen molar-refractivity contribution in [1.82, 2.24) is 0 Å². The summed E-state index contributed by atoms with van der Waals surface area (Å²) in [5.74, 6) is 3.16. The molecule has 0 saturated carbocycles. The Morgan fingerprint density at radius 3 is 2.04 bits per heavy atom. The van der Waals surface area contributed by atoms with E-state index in [4.69, 9.17) is 19.9 Å². The van der Waals surface area contributed by atoms with E-state index in [1.54, 1.807) is 14.2 Å². The highest BCUT2D eigenvalue weighted by Gasteiger charge is 2.16. The van der Waals surface area contributed by atoms with Crippen molar-refractivity contribution in [2.24, 2.45) is 0 Å². The van der Waals surface area contributed by atoms with E-state index in [-0.39, 0.29) is 5.92 Å². The van der Waals surface area contributed by atoms with Gasteiger partial charge >= 0.3 is 0 Å². The largest absolute Gasteiger partial charge is 0.496 e. The topological polar surface area (TPSA) is 53.7 Å². The van der Waals surface area contributed by atoms with Crippen LogP contribution in [0.2, 0.25) is 0 Å². The first-order valence-corrected chi connectivity index (χ1v) is 9.29. The number of hydrogen-bond donors (Lipinski definition) is 1. The number of methoxy groups -OCH3 is 2. The van der Waals surface area contributed by atoms with Crippen molar-refractivity contribution in [1.29, 1.82) is 0 Å². The Kier molecular flexibility index (Phi) is 5.78. The Labute approximate surface area is 166 Å². The van der Waals surface area contributed by atoms with Gasteiger partial charge in [-0.1, -0.05) is 19.1 Å². The lowest BCUT2D eigenvalue weighted by molar-refractivity contribution is 0.378. The van der Waals surface area contributed by atoms with Crippen molar-refractivity contribution in [3.8, 4) is 23.0 Å². The highest BCUT2D eigenvalue weighted by molar-refractivity contribution is 5.51. The van der Waals surface area contributed by atoms with E-state index in [1.165, 1.54) is 16.7 Å². The van der Waals surface area contributed by atoms with Gasteiger partial charge in [0.15, 0.2) is 11.5 Å². The fraction of sp³-hybridized carbons (Fsp3) is 0.250. The van der Waals surface area contributed by atoms with Crippen LogP contribution >= 0.6 is 0 Å². The average Bonchev–Trinajstić information content (AvgIpc) is 2.71. The number of nitrogen functional groups attached to an aromatic ring is 1. The predicted molar refractivity (Wildman–Crippen MR) is 114 cm³/mol. The van der Waals surface area contributed by atoms with Crippen molar-refractivity contribution in [3.63, 3.8) is 0 Å². The second kappa shape index (κ2) is 8.26. The number of aryl methyl sites for hydroxylation is 1. The molecule has 2 N–H and O–H groups in total. The first-order valence-electron chi connectivity index (χ1n) is 9.29. The van der Waals surface area contributed by atoms with E-state index >= 15 is 0 Å². The molecular weight excluding hydrogens is 350 g/mol. The van der Waals surface area contributed by atoms with Gasteiger partial charge in [-0.05, 0) is 78.6 Å². The summed E-state index contributed by atoms with van der Waals surface area (Å²) < 4.78 is 17.1. The van der Waals surface area contributed by atoms with Crippen molar-refractivity contribution in [3.05, 3.63) is 76.9 Å². The van der Waals surface area contributed by atoms with Gasteiger partial charge in [-0.2, -0.15) is 0 Å². The zero-order valence-corrected chi connectivity index (χ0v) is 17.1. The average molecular weight is 377 g/mol. The van der Waals surface area contributed by atoms with Crippen LogP contribution in [0, 0.1) is 13.8 Å². The van der Waals surface area contributed by atoms with Gasteiger partial charge in [-0.25, -0.2) is 0 Å². The summed E-state index contributed by atoms with van der Waals surface area (Å²) in [4.78, 5) is 0. The molecule has 0 aliphatic carbocycles. The molecule has 1 unspecified atom stereocenters. The fourth-order valence-corrected chi connectivity index (χ4v) is 3.21. The molecule has 0 bridgehead atoms. The van der Waals surface area contributed by atoms with Crippen LogP contribution in [-0.4, -0.2) is 14.2 Å². The number of ether oxygens (including phenoxy) is 3. The predicted octanol–water partition coefficient (Wildman–Crippen LogP) is 5.85. The summed E-state index contributed by atoms with van der Waals surface area (Å²) in [6, 6.07) is 17.7. The van der Waals surface area contributed by atoms with Gasteiger partial charge in [0.2, 0.25) is 0 Å². The number of nitrogens with two attached hydrogens (primary N) is 1. The van der Waals surface area contributed by atoms with Crippen LogP contribution in [0.1, 0.15) is 35.1 Å². The van der Waals surface area contributed by atoms with E-state index in [9.17, 15) is 0 Å². The first-order chi connectivity index (χ1) is 13.4. The SMILES string of the molecule is COc1ccc(C(C)c2cc(C)c(C)c(OC)c2)cc1Oc1ccc(N)cc1. The molecule has 0 fully saturated rings. The maximum absolute atomic E-state index is 6.06. The van der Waals surface area contributed by atoms with Gasteiger partial charge in [0, 0.05) is 11.6 Å². The van der Waals surface area contributed by atoms with Crippen LogP contribution in [0.5, 0.6) is 23.0 Å². The quantitative estimate of drug-likeness (QED) is 0.548. The Morgan fingerprint density at radius 2 is 1.39 bits per heavy atom. The lowest BCUT2D eigenvalue weighted by Crippen LogP contribution is -2.01. The molecule has 4 nitrogen and oxygen atoms in total. The van der Waals surface area contributed by atoms with Crippen LogP contribution in [0.4, 0.5) is 5.69 Å². The number of benzene rings is 3. The molecule has 0 amide bonds. The standard InChI is InChI=1S/C24H27NO3/c1-15-12-19(14-23(27-5)16(15)2)17(3)18-6-11-22(26-4)24(13-18)28-21-9-7-20(25)8-10-21/h6-14,17H,25H2,1-5H3. The highest BCUT2D eigenvalue weighted by atomic mass is 16.5. The monoisotopic (exact) mass is 377 g/mol. The molecule has 3 rings (SSSR count). The zero-order chi connectivity index (χ0) is 20.3. The van der Waals surface area contributed by atoms with Crippen LogP contribution < -0.4 is 19.9 Å². The molecule has 0 radical (unpaired) electrons. The van der Waals surface area contributed by atoms with Crippen LogP contribution in [0.3, 0.4) is 0 Å². The maximum Gasteiger partial charge on any atom is 0.169 e. The van der Waals surface area contributed by atoms with Crippen LogP contribution in [-0.2, 0) is 0 Å². The third kappa shape index (κ3) is 4.06. The molecule has 1 atom stereocenters. The lowest BCUT2D eigenvalue weighted by atomic mass is 9.90. The summed E-state index contributed by atoms with van der Waals surface area (Å²) in [6.07, 6.45) is 0. The van der Waals surface area contributed by atoms with Crippen LogP contribution in [0.15, 0.2) is 54.6 Å². The molecule has 0 saturated heterocycles. The normalized spacial score (nSPS) is 11.8. The molecule has 4 heteroatoms. The Morgan fingerprint density at radius 1 is 0.750 bits per heavy atom. The molecule has 0 aliphatic rings. The second-order valence-electron chi connectivity index (χ2n) is 6.97. The van der Waals surface area contributed by atoms with E-state index in [1.807, 2.05) is 36.4 Å². The zero-order valence-electron chi connectivity index (χ0n) is 17.1. The van der Waals surface area contributed by atoms with Crippen molar-refractivity contribution >= 4 is 5.69 Å². The molecule has 0 heterocycles. The smallest absolute Gasteiger partial charge is 0.169 e. The molecule has 28 heavy (non-hydrogen) atoms. The minimum absolute atomic E-state index is 0.174. The second-order valence-corrected chi connectivity index (χ2v) is 6.97. The van der Waals surface area contributed by atoms with Crippen LogP contribution in [0.25, 0.3) is 0 Å². The summed E-state index contributed by atoms with van der Waals surface area (Å²) >= 11 is 0. The Bertz CT molecular complexity index is 964. The summed E-state index contributed by atoms with van der Waals surface area (Å²) in [6.45, 7) is 6.37. The first kappa shape index (κ1) is 19.6. The molecule has 146 valence electrons. The fourth-order valence-electron chi connectivity index (χ4n) is 3.21. The van der Waals surface area contributed by atoms with Crippen molar-refractivity contribution in [2.75, 3.05) is 20.0 Å². The highest BCUT2D eigenvalue weighted by Crippen LogP contribution is 2.37. The van der Waals surface area contributed by atoms with Gasteiger partial charge in [-0.15, -0.1) is 0 Å². The van der Waals surface area contributed by atoms with Crippen molar-refractivity contribution in [2.45, 2.75) is 26.7 Å². The van der Waals surface area contributed by atoms with Gasteiger partial charge < -0.3 is 19.9 Å². The molecule has 0 aliphatic heterocycles. The minimum atomic E-state index is 0.174. The van der Waals surface area contributed by atoms with E-state index in [0.29, 0.717) is 22.9 Å². The van der Waals surface area contributed by atoms with E-state index in [2.05, 4.69) is 39.0 Å². The molecule has 3 aromatic rings. The number of hydrogen-bond acceptors (Lipinski definition) is 4. The maximum atomic E-state index is 6.06. The van der Waals surface area contributed by atoms with Gasteiger partial charge in [0.05, 0.1) is 14.2 Å². The molecule has 0 spiro atoms. The summed E-state index contributed by atoms with van der Waals surface area (Å²) in [5, 5.41) is 0.